The van der Waals surface area contributed by atoms with E-state index in [-0.39, 0.29) is 10.1 Å². The molecule has 0 spiro atoms. The molecule has 0 saturated carbocycles. The molecule has 3 aromatic rings. The van der Waals surface area contributed by atoms with E-state index in [1.54, 1.807) is 5.19 Å². The Labute approximate surface area is 180 Å². The van der Waals surface area contributed by atoms with E-state index in [0.29, 0.717) is 0 Å². The SMILES string of the molecule is C[Si](C)C(c1ccccc1)(c1ccccc1)c1ccccc1[Si](C)(C)C(C)(C)C. The Bertz CT molecular complexity index is 896. The summed E-state index contributed by atoms with van der Waals surface area (Å²) in [5, 5.41) is 1.82. The lowest BCUT2D eigenvalue weighted by atomic mass is 9.83. The summed E-state index contributed by atoms with van der Waals surface area (Å²) < 4.78 is 0. The normalized spacial score (nSPS) is 13.0. The minimum absolute atomic E-state index is 0.0701. The van der Waals surface area contributed by atoms with Crippen molar-refractivity contribution in [2.24, 2.45) is 0 Å². The van der Waals surface area contributed by atoms with Gasteiger partial charge in [0, 0.05) is 5.04 Å². The van der Waals surface area contributed by atoms with Gasteiger partial charge in [-0.25, -0.2) is 0 Å². The van der Waals surface area contributed by atoms with E-state index in [1.165, 1.54) is 16.7 Å². The van der Waals surface area contributed by atoms with Crippen molar-refractivity contribution in [3.05, 3.63) is 102 Å². The maximum absolute atomic E-state index is 2.55. The first-order valence-electron chi connectivity index (χ1n) is 10.6. The molecule has 0 nitrogen and oxygen atoms in total. The van der Waals surface area contributed by atoms with Crippen molar-refractivity contribution in [1.29, 1.82) is 0 Å². The van der Waals surface area contributed by atoms with E-state index in [1.807, 2.05) is 0 Å². The smallest absolute Gasteiger partial charge is 0.0699 e. The minimum Gasteiger partial charge on any atom is -0.0699 e. The van der Waals surface area contributed by atoms with Crippen LogP contribution in [0.5, 0.6) is 0 Å². The second kappa shape index (κ2) is 8.08. The zero-order valence-electron chi connectivity index (χ0n) is 19.1. The van der Waals surface area contributed by atoms with Crippen molar-refractivity contribution in [3.63, 3.8) is 0 Å². The van der Waals surface area contributed by atoms with Crippen molar-refractivity contribution in [3.8, 4) is 0 Å². The Morgan fingerprint density at radius 1 is 0.621 bits per heavy atom. The molecule has 0 N–H and O–H groups in total. The van der Waals surface area contributed by atoms with Crippen molar-refractivity contribution in [2.45, 2.75) is 57.0 Å². The first kappa shape index (κ1) is 21.8. The first-order valence-corrected chi connectivity index (χ1v) is 16.1. The zero-order chi connectivity index (χ0) is 21.3. The van der Waals surface area contributed by atoms with Crippen LogP contribution in [0.1, 0.15) is 37.5 Å². The molecule has 0 saturated heterocycles. The van der Waals surface area contributed by atoms with Crippen LogP contribution in [0.15, 0.2) is 84.9 Å². The number of benzene rings is 3. The van der Waals surface area contributed by atoms with Gasteiger partial charge >= 0.3 is 0 Å². The molecule has 0 aliphatic rings. The summed E-state index contributed by atoms with van der Waals surface area (Å²) >= 11 is 0. The van der Waals surface area contributed by atoms with E-state index < -0.39 is 16.9 Å². The van der Waals surface area contributed by atoms with Gasteiger partial charge < -0.3 is 0 Å². The Balaban J connectivity index is 2.45. The van der Waals surface area contributed by atoms with Crippen molar-refractivity contribution in [2.75, 3.05) is 0 Å². The van der Waals surface area contributed by atoms with E-state index >= 15 is 0 Å². The lowest BCUT2D eigenvalue weighted by molar-refractivity contribution is 0.727. The fraction of sp³-hybridized carbons (Fsp3) is 0.333. The number of hydrogen-bond acceptors (Lipinski definition) is 0. The average molecular weight is 416 g/mol. The van der Waals surface area contributed by atoms with Crippen molar-refractivity contribution >= 4 is 22.1 Å². The maximum atomic E-state index is 2.55. The molecular weight excluding hydrogens is 380 g/mol. The predicted molar refractivity (Wildman–Crippen MR) is 134 cm³/mol. The second-order valence-corrected chi connectivity index (χ2v) is 17.9. The minimum atomic E-state index is -1.73. The summed E-state index contributed by atoms with van der Waals surface area (Å²) in [4.78, 5) is 0. The standard InChI is InChI=1S/C27H35Si2/c1-26(2,3)29(6,7)25-21-15-14-20-24(25)27(28(4)5,22-16-10-8-11-17-22)23-18-12-9-13-19-23/h8-21H,1-7H3. The van der Waals surface area contributed by atoms with Crippen LogP contribution >= 0.6 is 0 Å². The molecule has 0 aliphatic carbocycles. The Kier molecular flexibility index (Phi) is 6.07. The molecule has 0 aliphatic heterocycles. The Hall–Kier alpha value is -1.91. The fourth-order valence-corrected chi connectivity index (χ4v) is 9.09. The van der Waals surface area contributed by atoms with Gasteiger partial charge in [-0.05, 0) is 21.7 Å². The maximum Gasteiger partial charge on any atom is 0.0863 e. The number of rotatable bonds is 5. The third kappa shape index (κ3) is 3.69. The van der Waals surface area contributed by atoms with Crippen LogP contribution < -0.4 is 5.19 Å². The largest absolute Gasteiger partial charge is 0.0863 e. The molecule has 2 heteroatoms. The highest BCUT2D eigenvalue weighted by atomic mass is 28.3. The van der Waals surface area contributed by atoms with Crippen LogP contribution in [0.2, 0.25) is 31.2 Å². The summed E-state index contributed by atoms with van der Waals surface area (Å²) in [5.41, 5.74) is 4.38. The highest BCUT2D eigenvalue weighted by Gasteiger charge is 2.46. The molecule has 29 heavy (non-hydrogen) atoms. The highest BCUT2D eigenvalue weighted by Crippen LogP contribution is 2.44. The lowest BCUT2D eigenvalue weighted by Crippen LogP contribution is -2.55. The molecule has 0 aromatic heterocycles. The zero-order valence-corrected chi connectivity index (χ0v) is 21.1. The van der Waals surface area contributed by atoms with Crippen LogP contribution in [0.3, 0.4) is 0 Å². The van der Waals surface area contributed by atoms with Gasteiger partial charge in [-0.1, -0.05) is 137 Å². The molecule has 3 rings (SSSR count). The van der Waals surface area contributed by atoms with Gasteiger partial charge in [-0.15, -0.1) is 0 Å². The molecule has 3 aromatic carbocycles. The Morgan fingerprint density at radius 3 is 1.45 bits per heavy atom. The molecular formula is C27H35Si2. The third-order valence-electron chi connectivity index (χ3n) is 7.04. The van der Waals surface area contributed by atoms with Crippen LogP contribution in [-0.2, 0) is 5.04 Å². The molecule has 0 fully saturated rings. The van der Waals surface area contributed by atoms with Crippen LogP contribution in [-0.4, -0.2) is 16.9 Å². The van der Waals surface area contributed by atoms with Crippen molar-refractivity contribution < 1.29 is 0 Å². The van der Waals surface area contributed by atoms with Crippen molar-refractivity contribution in [1.82, 2.24) is 0 Å². The first-order chi connectivity index (χ1) is 13.6. The van der Waals surface area contributed by atoms with Gasteiger partial charge in [0.25, 0.3) is 0 Å². The quantitative estimate of drug-likeness (QED) is 0.310. The van der Waals surface area contributed by atoms with Gasteiger partial charge in [0.05, 0.1) is 16.9 Å². The Morgan fingerprint density at radius 2 is 1.03 bits per heavy atom. The molecule has 0 amide bonds. The highest BCUT2D eigenvalue weighted by molar-refractivity contribution is 6.92. The third-order valence-corrected chi connectivity index (χ3v) is 14.9. The van der Waals surface area contributed by atoms with Gasteiger partial charge in [0.1, 0.15) is 0 Å². The fourth-order valence-electron chi connectivity index (χ4n) is 4.46. The monoisotopic (exact) mass is 415 g/mol. The van der Waals surface area contributed by atoms with Gasteiger partial charge in [-0.2, -0.15) is 0 Å². The summed E-state index contributed by atoms with van der Waals surface area (Å²) in [6, 6.07) is 31.8. The molecule has 0 atom stereocenters. The molecule has 0 heterocycles. The number of hydrogen-bond donors (Lipinski definition) is 0. The summed E-state index contributed by atoms with van der Waals surface area (Å²) in [6.45, 7) is 17.3. The van der Waals surface area contributed by atoms with Crippen LogP contribution in [0, 0.1) is 0 Å². The molecule has 0 bridgehead atoms. The van der Waals surface area contributed by atoms with E-state index in [0.717, 1.165) is 0 Å². The summed E-state index contributed by atoms with van der Waals surface area (Å²) in [6.07, 6.45) is 0. The summed E-state index contributed by atoms with van der Waals surface area (Å²) in [5.74, 6) is 0. The molecule has 1 radical (unpaired) electrons. The van der Waals surface area contributed by atoms with E-state index in [2.05, 4.69) is 132 Å². The van der Waals surface area contributed by atoms with Crippen LogP contribution in [0.25, 0.3) is 0 Å². The lowest BCUT2D eigenvalue weighted by Gasteiger charge is -2.45. The predicted octanol–water partition coefficient (Wildman–Crippen LogP) is 7.03. The topological polar surface area (TPSA) is 0 Å². The van der Waals surface area contributed by atoms with Crippen LogP contribution in [0.4, 0.5) is 0 Å². The molecule has 0 unspecified atom stereocenters. The second-order valence-electron chi connectivity index (χ2n) is 9.90. The average Bonchev–Trinajstić information content (AvgIpc) is 2.69. The van der Waals surface area contributed by atoms with E-state index in [9.17, 15) is 0 Å². The van der Waals surface area contributed by atoms with Gasteiger partial charge in [-0.3, -0.25) is 0 Å². The van der Waals surface area contributed by atoms with E-state index in [4.69, 9.17) is 0 Å². The molecule has 151 valence electrons. The van der Waals surface area contributed by atoms with Gasteiger partial charge in [0.15, 0.2) is 0 Å². The summed E-state index contributed by atoms with van der Waals surface area (Å²) in [7, 11) is -2.52. The van der Waals surface area contributed by atoms with Gasteiger partial charge in [0.2, 0.25) is 0 Å².